The second-order valence-electron chi connectivity index (χ2n) is 6.95. The fourth-order valence-corrected chi connectivity index (χ4v) is 3.41. The molecule has 7 nitrogen and oxygen atoms in total. The van der Waals surface area contributed by atoms with Crippen LogP contribution in [0.1, 0.15) is 15.9 Å². The van der Waals surface area contributed by atoms with Crippen LogP contribution >= 0.6 is 0 Å². The summed E-state index contributed by atoms with van der Waals surface area (Å²) in [6.45, 7) is 4.00. The average Bonchev–Trinajstić information content (AvgIpc) is 3.20. The van der Waals surface area contributed by atoms with Gasteiger partial charge in [-0.25, -0.2) is 4.39 Å². The third-order valence-electron chi connectivity index (χ3n) is 4.93. The molecule has 3 aromatic rings. The number of hydrogen-bond donors (Lipinski definition) is 1. The fraction of sp³-hybridized carbons (Fsp3) is 0.273. The molecule has 1 amide bonds. The molecule has 8 heteroatoms. The molecule has 1 fully saturated rings. The minimum Gasteiger partial charge on any atom is -0.495 e. The molecule has 0 radical (unpaired) electrons. The third kappa shape index (κ3) is 3.86. The average molecular weight is 411 g/mol. The Bertz CT molecular complexity index is 1060. The van der Waals surface area contributed by atoms with Gasteiger partial charge in [0.05, 0.1) is 26.0 Å². The van der Waals surface area contributed by atoms with Crippen molar-refractivity contribution in [1.82, 2.24) is 5.16 Å². The molecule has 4 rings (SSSR count). The summed E-state index contributed by atoms with van der Waals surface area (Å²) in [6, 6.07) is 11.6. The van der Waals surface area contributed by atoms with E-state index >= 15 is 0 Å². The van der Waals surface area contributed by atoms with Crippen molar-refractivity contribution >= 4 is 17.5 Å². The van der Waals surface area contributed by atoms with Gasteiger partial charge in [-0.05, 0) is 36.8 Å². The van der Waals surface area contributed by atoms with Crippen LogP contribution in [0.5, 0.6) is 5.75 Å². The molecule has 2 aromatic carbocycles. The molecule has 1 saturated heterocycles. The Hall–Kier alpha value is -3.39. The number of benzene rings is 2. The number of carbonyl (C=O) groups is 1. The highest BCUT2D eigenvalue weighted by molar-refractivity contribution is 6.12. The summed E-state index contributed by atoms with van der Waals surface area (Å²) in [5.74, 6) is -0.132. The highest BCUT2D eigenvalue weighted by Crippen LogP contribution is 2.35. The summed E-state index contributed by atoms with van der Waals surface area (Å²) in [4.78, 5) is 15.3. The molecule has 0 bridgehead atoms. The zero-order valence-electron chi connectivity index (χ0n) is 16.8. The molecule has 0 aliphatic carbocycles. The molecule has 0 saturated carbocycles. The first-order valence-electron chi connectivity index (χ1n) is 9.61. The number of ether oxygens (including phenoxy) is 2. The summed E-state index contributed by atoms with van der Waals surface area (Å²) < 4.78 is 30.8. The lowest BCUT2D eigenvalue weighted by Gasteiger charge is -2.26. The third-order valence-corrected chi connectivity index (χ3v) is 4.93. The van der Waals surface area contributed by atoms with Crippen LogP contribution in [0.25, 0.3) is 11.3 Å². The van der Waals surface area contributed by atoms with E-state index in [1.165, 1.54) is 13.2 Å². The standard InChI is InChI=1S/C22H22FN3O4/c1-14-7-8-18(28-2)17(13-14)24-21(27)19-20(15-5-3-4-6-16(15)23)25-30-22(19)26-9-11-29-12-10-26/h3-8,13H,9-12H2,1-2H3,(H,24,27). The van der Waals surface area contributed by atoms with E-state index in [1.807, 2.05) is 17.9 Å². The van der Waals surface area contributed by atoms with Gasteiger partial charge in [-0.15, -0.1) is 0 Å². The maximum atomic E-state index is 14.5. The molecule has 1 N–H and O–H groups in total. The smallest absolute Gasteiger partial charge is 0.263 e. The predicted molar refractivity (Wildman–Crippen MR) is 111 cm³/mol. The van der Waals surface area contributed by atoms with Crippen molar-refractivity contribution < 1.29 is 23.2 Å². The van der Waals surface area contributed by atoms with Gasteiger partial charge in [0.2, 0.25) is 5.88 Å². The van der Waals surface area contributed by atoms with Gasteiger partial charge in [-0.2, -0.15) is 0 Å². The van der Waals surface area contributed by atoms with Crippen LogP contribution in [0, 0.1) is 12.7 Å². The molecule has 2 heterocycles. The lowest BCUT2D eigenvalue weighted by Crippen LogP contribution is -2.37. The summed E-state index contributed by atoms with van der Waals surface area (Å²) in [5.41, 5.74) is 1.99. The molecule has 30 heavy (non-hydrogen) atoms. The van der Waals surface area contributed by atoms with Crippen LogP contribution < -0.4 is 15.0 Å². The van der Waals surface area contributed by atoms with Crippen molar-refractivity contribution in [3.8, 4) is 17.0 Å². The molecule has 1 aromatic heterocycles. The molecule has 1 aliphatic heterocycles. The number of hydrogen-bond acceptors (Lipinski definition) is 6. The quantitative estimate of drug-likeness (QED) is 0.687. The van der Waals surface area contributed by atoms with Crippen LogP contribution in [0.3, 0.4) is 0 Å². The van der Waals surface area contributed by atoms with Crippen molar-refractivity contribution in [3.05, 3.63) is 59.4 Å². The van der Waals surface area contributed by atoms with Crippen molar-refractivity contribution in [2.75, 3.05) is 43.6 Å². The zero-order chi connectivity index (χ0) is 21.1. The minimum absolute atomic E-state index is 0.152. The molecule has 0 spiro atoms. The van der Waals surface area contributed by atoms with Gasteiger partial charge in [0.15, 0.2) is 0 Å². The van der Waals surface area contributed by atoms with Crippen LogP contribution in [0.15, 0.2) is 47.0 Å². The summed E-state index contributed by atoms with van der Waals surface area (Å²) >= 11 is 0. The SMILES string of the molecule is COc1ccc(C)cc1NC(=O)c1c(-c2ccccc2F)noc1N1CCOCC1. The van der Waals surface area contributed by atoms with E-state index in [-0.39, 0.29) is 16.8 Å². The topological polar surface area (TPSA) is 76.8 Å². The molecule has 156 valence electrons. The molecular weight excluding hydrogens is 389 g/mol. The van der Waals surface area contributed by atoms with Gasteiger partial charge in [0.25, 0.3) is 5.91 Å². The number of morpholine rings is 1. The number of rotatable bonds is 5. The zero-order valence-corrected chi connectivity index (χ0v) is 16.8. The first-order chi connectivity index (χ1) is 14.6. The van der Waals surface area contributed by atoms with Crippen LogP contribution in [-0.2, 0) is 4.74 Å². The highest BCUT2D eigenvalue weighted by atomic mass is 19.1. The maximum Gasteiger partial charge on any atom is 0.263 e. The van der Waals surface area contributed by atoms with Crippen LogP contribution in [-0.4, -0.2) is 44.5 Å². The van der Waals surface area contributed by atoms with Crippen LogP contribution in [0.2, 0.25) is 0 Å². The van der Waals surface area contributed by atoms with Crippen molar-refractivity contribution in [2.24, 2.45) is 0 Å². The molecule has 0 atom stereocenters. The minimum atomic E-state index is -0.485. The normalized spacial score (nSPS) is 13.9. The number of methoxy groups -OCH3 is 1. The van der Waals surface area contributed by atoms with E-state index in [0.29, 0.717) is 43.6 Å². The Morgan fingerprint density at radius 2 is 1.97 bits per heavy atom. The molecule has 1 aliphatic rings. The number of carbonyl (C=O) groups excluding carboxylic acids is 1. The van der Waals surface area contributed by atoms with E-state index in [0.717, 1.165) is 5.56 Å². The Morgan fingerprint density at radius 3 is 2.70 bits per heavy atom. The van der Waals surface area contributed by atoms with Gasteiger partial charge < -0.3 is 24.2 Å². The number of aromatic nitrogens is 1. The van der Waals surface area contributed by atoms with Crippen molar-refractivity contribution in [2.45, 2.75) is 6.92 Å². The van der Waals surface area contributed by atoms with Crippen molar-refractivity contribution in [1.29, 1.82) is 0 Å². The second-order valence-corrected chi connectivity index (χ2v) is 6.95. The largest absolute Gasteiger partial charge is 0.495 e. The Kier molecular flexibility index (Phi) is 5.67. The Labute approximate surface area is 173 Å². The number of nitrogens with zero attached hydrogens (tertiary/aromatic N) is 2. The van der Waals surface area contributed by atoms with Crippen LogP contribution in [0.4, 0.5) is 16.0 Å². The summed E-state index contributed by atoms with van der Waals surface area (Å²) in [6.07, 6.45) is 0. The lowest BCUT2D eigenvalue weighted by atomic mass is 10.1. The summed E-state index contributed by atoms with van der Waals surface area (Å²) in [5, 5.41) is 6.93. The fourth-order valence-electron chi connectivity index (χ4n) is 3.41. The van der Waals surface area contributed by atoms with Gasteiger partial charge in [-0.3, -0.25) is 4.79 Å². The molecular formula is C22H22FN3O4. The maximum absolute atomic E-state index is 14.5. The summed E-state index contributed by atoms with van der Waals surface area (Å²) in [7, 11) is 1.53. The van der Waals surface area contributed by atoms with Gasteiger partial charge >= 0.3 is 0 Å². The Morgan fingerprint density at radius 1 is 1.20 bits per heavy atom. The lowest BCUT2D eigenvalue weighted by molar-refractivity contribution is 0.102. The molecule has 0 unspecified atom stereocenters. The van der Waals surface area contributed by atoms with Crippen molar-refractivity contribution in [3.63, 3.8) is 0 Å². The monoisotopic (exact) mass is 411 g/mol. The first-order valence-corrected chi connectivity index (χ1v) is 9.61. The van der Waals surface area contributed by atoms with Gasteiger partial charge in [-0.1, -0.05) is 23.4 Å². The van der Waals surface area contributed by atoms with Gasteiger partial charge in [0.1, 0.15) is 22.8 Å². The number of amides is 1. The highest BCUT2D eigenvalue weighted by Gasteiger charge is 2.30. The van der Waals surface area contributed by atoms with E-state index in [4.69, 9.17) is 14.0 Å². The van der Waals surface area contributed by atoms with E-state index < -0.39 is 11.7 Å². The number of halogens is 1. The van der Waals surface area contributed by atoms with E-state index in [1.54, 1.807) is 30.3 Å². The number of nitrogens with one attached hydrogen (secondary N) is 1. The Balaban J connectivity index is 1.78. The predicted octanol–water partition coefficient (Wildman–Crippen LogP) is 3.89. The van der Waals surface area contributed by atoms with E-state index in [9.17, 15) is 9.18 Å². The number of aryl methyl sites for hydroxylation is 1. The van der Waals surface area contributed by atoms with E-state index in [2.05, 4.69) is 10.5 Å². The first kappa shape index (κ1) is 19.9. The number of anilines is 2. The van der Waals surface area contributed by atoms with Gasteiger partial charge in [0, 0.05) is 18.7 Å². The second kappa shape index (κ2) is 8.54.